The van der Waals surface area contributed by atoms with Gasteiger partial charge in [-0.1, -0.05) is 0 Å². The molecular weight excluding hydrogens is 282 g/mol. The minimum atomic E-state index is -0.238. The molecule has 1 N–H and O–H groups in total. The summed E-state index contributed by atoms with van der Waals surface area (Å²) in [6.45, 7) is 0. The third-order valence-electron chi connectivity index (χ3n) is 2.96. The lowest BCUT2D eigenvalue weighted by molar-refractivity contribution is 0.102. The van der Waals surface area contributed by atoms with E-state index in [1.807, 2.05) is 0 Å². The lowest BCUT2D eigenvalue weighted by atomic mass is 10.2. The third-order valence-corrected chi connectivity index (χ3v) is 2.96. The second kappa shape index (κ2) is 6.04. The van der Waals surface area contributed by atoms with Crippen molar-refractivity contribution in [1.29, 1.82) is 0 Å². The summed E-state index contributed by atoms with van der Waals surface area (Å²) in [5, 5.41) is 6.77. The Bertz CT molecular complexity index is 752. The molecule has 0 aliphatic rings. The summed E-state index contributed by atoms with van der Waals surface area (Å²) < 4.78 is 6.59. The van der Waals surface area contributed by atoms with Gasteiger partial charge < -0.3 is 10.1 Å². The van der Waals surface area contributed by atoms with Gasteiger partial charge in [0.2, 0.25) is 0 Å². The number of nitrogens with one attached hydrogen (secondary N) is 1. The number of carbonyl (C=O) groups excluding carboxylic acids is 1. The predicted octanol–water partition coefficient (Wildman–Crippen LogP) is 1.92. The minimum Gasteiger partial charge on any atom is -0.497 e. The van der Waals surface area contributed by atoms with E-state index in [0.29, 0.717) is 22.9 Å². The van der Waals surface area contributed by atoms with Gasteiger partial charge in [-0.2, -0.15) is 5.10 Å². The van der Waals surface area contributed by atoms with Crippen molar-refractivity contribution >= 4 is 11.6 Å². The van der Waals surface area contributed by atoms with Gasteiger partial charge in [-0.25, -0.2) is 14.6 Å². The van der Waals surface area contributed by atoms with Gasteiger partial charge in [-0.15, -0.1) is 0 Å². The van der Waals surface area contributed by atoms with Crippen molar-refractivity contribution in [3.63, 3.8) is 0 Å². The van der Waals surface area contributed by atoms with E-state index >= 15 is 0 Å². The average Bonchev–Trinajstić information content (AvgIpc) is 3.10. The Balaban J connectivity index is 1.71. The number of ether oxygens (including phenoxy) is 1. The van der Waals surface area contributed by atoms with Crippen molar-refractivity contribution in [3.8, 4) is 11.7 Å². The van der Waals surface area contributed by atoms with Gasteiger partial charge in [-0.3, -0.25) is 4.79 Å². The van der Waals surface area contributed by atoms with E-state index in [1.54, 1.807) is 49.8 Å². The molecular formula is C15H13N5O2. The van der Waals surface area contributed by atoms with Gasteiger partial charge in [0.25, 0.3) is 11.9 Å². The van der Waals surface area contributed by atoms with E-state index in [2.05, 4.69) is 20.4 Å². The number of amides is 1. The first-order valence-electron chi connectivity index (χ1n) is 6.54. The van der Waals surface area contributed by atoms with E-state index in [1.165, 1.54) is 17.1 Å². The van der Waals surface area contributed by atoms with Crippen LogP contribution in [-0.2, 0) is 0 Å². The van der Waals surface area contributed by atoms with Crippen LogP contribution in [-0.4, -0.2) is 32.8 Å². The number of aromatic nitrogens is 4. The maximum Gasteiger partial charge on any atom is 0.255 e. The smallest absolute Gasteiger partial charge is 0.255 e. The van der Waals surface area contributed by atoms with E-state index in [4.69, 9.17) is 4.74 Å². The predicted molar refractivity (Wildman–Crippen MR) is 80.1 cm³/mol. The molecule has 3 rings (SSSR count). The monoisotopic (exact) mass is 295 g/mol. The van der Waals surface area contributed by atoms with E-state index in [0.717, 1.165) is 0 Å². The Hall–Kier alpha value is -3.22. The quantitative estimate of drug-likeness (QED) is 0.795. The summed E-state index contributed by atoms with van der Waals surface area (Å²) in [4.78, 5) is 20.4. The van der Waals surface area contributed by atoms with Crippen LogP contribution in [0, 0.1) is 0 Å². The summed E-state index contributed by atoms with van der Waals surface area (Å²) in [6.07, 6.45) is 6.45. The van der Waals surface area contributed by atoms with Crippen molar-refractivity contribution in [2.24, 2.45) is 0 Å². The molecule has 22 heavy (non-hydrogen) atoms. The average molecular weight is 295 g/mol. The molecule has 0 unspecified atom stereocenters. The minimum absolute atomic E-state index is 0.238. The Kier molecular flexibility index (Phi) is 3.78. The molecule has 7 heteroatoms. The molecule has 0 spiro atoms. The Labute approximate surface area is 126 Å². The van der Waals surface area contributed by atoms with Gasteiger partial charge in [0.1, 0.15) is 5.75 Å². The number of hydrogen-bond donors (Lipinski definition) is 1. The van der Waals surface area contributed by atoms with Crippen molar-refractivity contribution in [3.05, 3.63) is 60.7 Å². The summed E-state index contributed by atoms with van der Waals surface area (Å²) in [5.41, 5.74) is 1.04. The highest BCUT2D eigenvalue weighted by molar-refractivity contribution is 6.04. The first-order chi connectivity index (χ1) is 10.8. The number of carbonyl (C=O) groups is 1. The van der Waals surface area contributed by atoms with Gasteiger partial charge in [0.15, 0.2) is 0 Å². The maximum absolute atomic E-state index is 12.1. The second-order valence-electron chi connectivity index (χ2n) is 4.40. The number of hydrogen-bond acceptors (Lipinski definition) is 5. The highest BCUT2D eigenvalue weighted by atomic mass is 16.5. The van der Waals surface area contributed by atoms with Crippen LogP contribution < -0.4 is 10.1 Å². The van der Waals surface area contributed by atoms with Crippen molar-refractivity contribution < 1.29 is 9.53 Å². The number of anilines is 1. The van der Waals surface area contributed by atoms with Crippen LogP contribution >= 0.6 is 0 Å². The maximum atomic E-state index is 12.1. The lowest BCUT2D eigenvalue weighted by Gasteiger charge is -2.06. The van der Waals surface area contributed by atoms with Gasteiger partial charge in [0.05, 0.1) is 25.2 Å². The second-order valence-corrected chi connectivity index (χ2v) is 4.40. The number of nitrogens with zero attached hydrogens (tertiary/aromatic N) is 4. The zero-order valence-electron chi connectivity index (χ0n) is 11.8. The molecule has 3 aromatic rings. The van der Waals surface area contributed by atoms with Gasteiger partial charge in [-0.05, 0) is 30.3 Å². The third kappa shape index (κ3) is 2.93. The Morgan fingerprint density at radius 1 is 1.18 bits per heavy atom. The molecule has 0 radical (unpaired) electrons. The summed E-state index contributed by atoms with van der Waals surface area (Å²) in [5.74, 6) is 0.897. The first-order valence-corrected chi connectivity index (χ1v) is 6.54. The topological polar surface area (TPSA) is 81.9 Å². The van der Waals surface area contributed by atoms with Crippen LogP contribution in [0.15, 0.2) is 55.1 Å². The Morgan fingerprint density at radius 3 is 2.50 bits per heavy atom. The molecule has 0 aliphatic carbocycles. The molecule has 0 aliphatic heterocycles. The van der Waals surface area contributed by atoms with E-state index in [-0.39, 0.29) is 5.91 Å². The van der Waals surface area contributed by atoms with Crippen LogP contribution in [0.3, 0.4) is 0 Å². The fraction of sp³-hybridized carbons (Fsp3) is 0.0667. The molecule has 0 bridgehead atoms. The molecule has 0 saturated heterocycles. The lowest BCUT2D eigenvalue weighted by Crippen LogP contribution is -2.12. The molecule has 0 atom stereocenters. The summed E-state index contributed by atoms with van der Waals surface area (Å²) >= 11 is 0. The largest absolute Gasteiger partial charge is 0.497 e. The zero-order valence-corrected chi connectivity index (χ0v) is 11.8. The van der Waals surface area contributed by atoms with Crippen molar-refractivity contribution in [1.82, 2.24) is 19.7 Å². The molecule has 1 amide bonds. The fourth-order valence-corrected chi connectivity index (χ4v) is 1.84. The van der Waals surface area contributed by atoms with Crippen LogP contribution in [0.2, 0.25) is 0 Å². The normalized spacial score (nSPS) is 10.2. The highest BCUT2D eigenvalue weighted by Crippen LogP contribution is 2.13. The fourth-order valence-electron chi connectivity index (χ4n) is 1.84. The van der Waals surface area contributed by atoms with Crippen LogP contribution in [0.1, 0.15) is 10.4 Å². The van der Waals surface area contributed by atoms with Crippen LogP contribution in [0.25, 0.3) is 5.95 Å². The molecule has 0 fully saturated rings. The van der Waals surface area contributed by atoms with Crippen LogP contribution in [0.4, 0.5) is 5.69 Å². The Morgan fingerprint density at radius 2 is 1.91 bits per heavy atom. The summed E-state index contributed by atoms with van der Waals surface area (Å²) in [7, 11) is 1.58. The van der Waals surface area contributed by atoms with Gasteiger partial charge in [0, 0.05) is 18.0 Å². The molecule has 2 aromatic heterocycles. The van der Waals surface area contributed by atoms with E-state index in [9.17, 15) is 4.79 Å². The first kappa shape index (κ1) is 13.7. The number of methoxy groups -OCH3 is 1. The van der Waals surface area contributed by atoms with Gasteiger partial charge >= 0.3 is 0 Å². The number of rotatable bonds is 4. The van der Waals surface area contributed by atoms with Crippen LogP contribution in [0.5, 0.6) is 5.75 Å². The highest BCUT2D eigenvalue weighted by Gasteiger charge is 2.07. The molecule has 7 nitrogen and oxygen atoms in total. The molecule has 110 valence electrons. The number of benzene rings is 1. The molecule has 1 aromatic carbocycles. The van der Waals surface area contributed by atoms with Crippen molar-refractivity contribution in [2.45, 2.75) is 0 Å². The van der Waals surface area contributed by atoms with E-state index < -0.39 is 0 Å². The zero-order chi connectivity index (χ0) is 15.4. The standard InChI is InChI=1S/C15H13N5O2/c1-22-13-5-3-11(4-6-13)14(21)19-12-9-16-15(17-10-12)20-8-2-7-18-20/h2-10H,1H3,(H,19,21). The molecule has 0 saturated carbocycles. The molecule has 2 heterocycles. The van der Waals surface area contributed by atoms with Crippen molar-refractivity contribution in [2.75, 3.05) is 12.4 Å². The SMILES string of the molecule is COc1ccc(C(=O)Nc2cnc(-n3cccn3)nc2)cc1. The summed E-state index contributed by atoms with van der Waals surface area (Å²) in [6, 6.07) is 8.61.